The number of rotatable bonds is 5. The van der Waals surface area contributed by atoms with Gasteiger partial charge in [0.25, 0.3) is 0 Å². The molecule has 2 aromatic rings. The molecule has 0 saturated heterocycles. The maximum Gasteiger partial charge on any atom is 0.130 e. The number of imidazole rings is 1. The van der Waals surface area contributed by atoms with Gasteiger partial charge in [0, 0.05) is 16.6 Å². The summed E-state index contributed by atoms with van der Waals surface area (Å²) in [5, 5.41) is 9.74. The lowest BCUT2D eigenvalue weighted by Gasteiger charge is -2.14. The third-order valence-corrected chi connectivity index (χ3v) is 3.43. The Morgan fingerprint density at radius 3 is 2.95 bits per heavy atom. The number of aliphatic hydroxyl groups is 1. The molecule has 19 heavy (non-hydrogen) atoms. The molecule has 0 unspecified atom stereocenters. The predicted octanol–water partition coefficient (Wildman–Crippen LogP) is 3.30. The quantitative estimate of drug-likeness (QED) is 0.917. The zero-order valence-electron chi connectivity index (χ0n) is 11.0. The van der Waals surface area contributed by atoms with Crippen molar-refractivity contribution in [3.63, 3.8) is 0 Å². The van der Waals surface area contributed by atoms with Crippen molar-refractivity contribution in [1.29, 1.82) is 0 Å². The number of aliphatic hydroxyl groups excluding tert-OH is 1. The highest BCUT2D eigenvalue weighted by atomic mass is 79.9. The summed E-state index contributed by atoms with van der Waals surface area (Å²) in [7, 11) is 0. The van der Waals surface area contributed by atoms with Crippen molar-refractivity contribution in [1.82, 2.24) is 9.55 Å². The second-order valence-electron chi connectivity index (χ2n) is 4.32. The number of hydrogen-bond acceptors (Lipinski definition) is 3. The van der Waals surface area contributed by atoms with E-state index in [9.17, 15) is 5.11 Å². The summed E-state index contributed by atoms with van der Waals surface area (Å²) in [5.41, 5.74) is 1.80. The molecular formula is C14H17BrN2O2. The van der Waals surface area contributed by atoms with Crippen LogP contribution in [-0.4, -0.2) is 14.7 Å². The van der Waals surface area contributed by atoms with Crippen molar-refractivity contribution in [3.8, 4) is 5.75 Å². The molecular weight excluding hydrogens is 308 g/mol. The Kier molecular flexibility index (Phi) is 4.61. The molecule has 0 spiro atoms. The van der Waals surface area contributed by atoms with Crippen LogP contribution in [0.15, 0.2) is 35.2 Å². The lowest BCUT2D eigenvalue weighted by molar-refractivity contribution is 0.189. The SMILES string of the molecule is CCn1cncc1COc1cc(Br)ccc1[C@H](C)O. The van der Waals surface area contributed by atoms with Crippen LogP contribution in [-0.2, 0) is 13.2 Å². The third-order valence-electron chi connectivity index (χ3n) is 2.94. The van der Waals surface area contributed by atoms with Crippen LogP contribution in [0.1, 0.15) is 31.2 Å². The Morgan fingerprint density at radius 2 is 2.26 bits per heavy atom. The maximum absolute atomic E-state index is 9.74. The Hall–Kier alpha value is -1.33. The number of nitrogens with zero attached hydrogens (tertiary/aromatic N) is 2. The standard InChI is InChI=1S/C14H17BrN2O2/c1-3-17-9-16-7-12(17)8-19-14-6-11(15)4-5-13(14)10(2)18/h4-7,9-10,18H,3,8H2,1-2H3/t10-/m0/s1. The van der Waals surface area contributed by atoms with E-state index in [1.165, 1.54) is 0 Å². The molecule has 0 fully saturated rings. The normalized spacial score (nSPS) is 12.4. The topological polar surface area (TPSA) is 47.3 Å². The minimum atomic E-state index is -0.556. The van der Waals surface area contributed by atoms with Crippen LogP contribution < -0.4 is 4.74 Å². The van der Waals surface area contributed by atoms with E-state index in [1.54, 1.807) is 19.4 Å². The van der Waals surface area contributed by atoms with Crippen molar-refractivity contribution in [2.75, 3.05) is 0 Å². The van der Waals surface area contributed by atoms with Crippen LogP contribution in [0, 0.1) is 0 Å². The van der Waals surface area contributed by atoms with Gasteiger partial charge in [0.15, 0.2) is 0 Å². The first-order chi connectivity index (χ1) is 9.11. The van der Waals surface area contributed by atoms with Gasteiger partial charge in [-0.05, 0) is 26.0 Å². The molecule has 0 bridgehead atoms. The monoisotopic (exact) mass is 324 g/mol. The van der Waals surface area contributed by atoms with E-state index in [2.05, 4.69) is 27.8 Å². The number of ether oxygens (including phenoxy) is 1. The first kappa shape index (κ1) is 14.1. The Labute approximate surface area is 121 Å². The fourth-order valence-electron chi connectivity index (χ4n) is 1.88. The van der Waals surface area contributed by atoms with Gasteiger partial charge < -0.3 is 14.4 Å². The molecule has 5 heteroatoms. The second kappa shape index (κ2) is 6.21. The van der Waals surface area contributed by atoms with Crippen LogP contribution >= 0.6 is 15.9 Å². The summed E-state index contributed by atoms with van der Waals surface area (Å²) < 4.78 is 8.77. The van der Waals surface area contributed by atoms with E-state index in [-0.39, 0.29) is 0 Å². The summed E-state index contributed by atoms with van der Waals surface area (Å²) in [6.07, 6.45) is 3.03. The van der Waals surface area contributed by atoms with Gasteiger partial charge in [-0.25, -0.2) is 4.98 Å². The molecule has 102 valence electrons. The van der Waals surface area contributed by atoms with Gasteiger partial charge in [-0.2, -0.15) is 0 Å². The fourth-order valence-corrected chi connectivity index (χ4v) is 2.22. The zero-order chi connectivity index (χ0) is 13.8. The molecule has 1 heterocycles. The van der Waals surface area contributed by atoms with Crippen molar-refractivity contribution < 1.29 is 9.84 Å². The molecule has 1 aromatic heterocycles. The average Bonchev–Trinajstić information content (AvgIpc) is 2.83. The molecule has 0 saturated carbocycles. The molecule has 0 radical (unpaired) electrons. The average molecular weight is 325 g/mol. The first-order valence-corrected chi connectivity index (χ1v) is 7.00. The van der Waals surface area contributed by atoms with Gasteiger partial charge in [0.2, 0.25) is 0 Å². The van der Waals surface area contributed by atoms with Gasteiger partial charge in [0.1, 0.15) is 12.4 Å². The van der Waals surface area contributed by atoms with Gasteiger partial charge in [-0.3, -0.25) is 0 Å². The van der Waals surface area contributed by atoms with Crippen molar-refractivity contribution in [2.24, 2.45) is 0 Å². The van der Waals surface area contributed by atoms with E-state index in [0.29, 0.717) is 12.4 Å². The number of halogens is 1. The van der Waals surface area contributed by atoms with E-state index in [0.717, 1.165) is 22.3 Å². The summed E-state index contributed by atoms with van der Waals surface area (Å²) in [6.45, 7) is 5.09. The minimum Gasteiger partial charge on any atom is -0.487 e. The lowest BCUT2D eigenvalue weighted by Crippen LogP contribution is -2.05. The van der Waals surface area contributed by atoms with Gasteiger partial charge in [0.05, 0.1) is 24.3 Å². The summed E-state index contributed by atoms with van der Waals surface area (Å²) in [4.78, 5) is 4.10. The molecule has 0 aliphatic carbocycles. The highest BCUT2D eigenvalue weighted by Gasteiger charge is 2.11. The number of benzene rings is 1. The number of hydrogen-bond donors (Lipinski definition) is 1. The molecule has 1 atom stereocenters. The number of aromatic nitrogens is 2. The van der Waals surface area contributed by atoms with Crippen LogP contribution in [0.4, 0.5) is 0 Å². The van der Waals surface area contributed by atoms with E-state index >= 15 is 0 Å². The molecule has 2 rings (SSSR count). The van der Waals surface area contributed by atoms with Gasteiger partial charge >= 0.3 is 0 Å². The molecule has 0 aliphatic rings. The van der Waals surface area contributed by atoms with E-state index in [4.69, 9.17) is 4.74 Å². The van der Waals surface area contributed by atoms with Crippen LogP contribution in [0.5, 0.6) is 5.75 Å². The molecule has 0 amide bonds. The fraction of sp³-hybridized carbons (Fsp3) is 0.357. The third kappa shape index (κ3) is 3.36. The van der Waals surface area contributed by atoms with Crippen LogP contribution in [0.25, 0.3) is 0 Å². The maximum atomic E-state index is 9.74. The van der Waals surface area contributed by atoms with Crippen LogP contribution in [0.3, 0.4) is 0 Å². The zero-order valence-corrected chi connectivity index (χ0v) is 12.6. The number of aryl methyl sites for hydroxylation is 1. The summed E-state index contributed by atoms with van der Waals surface area (Å²) in [5.74, 6) is 0.688. The summed E-state index contributed by atoms with van der Waals surface area (Å²) >= 11 is 3.41. The lowest BCUT2D eigenvalue weighted by atomic mass is 10.1. The Bertz CT molecular complexity index is 552. The predicted molar refractivity (Wildman–Crippen MR) is 77.0 cm³/mol. The van der Waals surface area contributed by atoms with Crippen LogP contribution in [0.2, 0.25) is 0 Å². The highest BCUT2D eigenvalue weighted by Crippen LogP contribution is 2.29. The van der Waals surface area contributed by atoms with E-state index < -0.39 is 6.10 Å². The molecule has 1 N–H and O–H groups in total. The first-order valence-electron chi connectivity index (χ1n) is 6.21. The van der Waals surface area contributed by atoms with Crippen molar-refractivity contribution in [2.45, 2.75) is 33.1 Å². The smallest absolute Gasteiger partial charge is 0.130 e. The second-order valence-corrected chi connectivity index (χ2v) is 5.23. The molecule has 1 aromatic carbocycles. The molecule has 4 nitrogen and oxygen atoms in total. The van der Waals surface area contributed by atoms with Crippen molar-refractivity contribution >= 4 is 15.9 Å². The minimum absolute atomic E-state index is 0.435. The van der Waals surface area contributed by atoms with Gasteiger partial charge in [-0.1, -0.05) is 22.0 Å². The molecule has 0 aliphatic heterocycles. The highest BCUT2D eigenvalue weighted by molar-refractivity contribution is 9.10. The Morgan fingerprint density at radius 1 is 1.47 bits per heavy atom. The summed E-state index contributed by atoms with van der Waals surface area (Å²) in [6, 6.07) is 5.63. The van der Waals surface area contributed by atoms with Gasteiger partial charge in [-0.15, -0.1) is 0 Å². The van der Waals surface area contributed by atoms with Crippen molar-refractivity contribution in [3.05, 3.63) is 46.5 Å². The van der Waals surface area contributed by atoms with E-state index in [1.807, 2.05) is 22.8 Å². The Balaban J connectivity index is 2.17. The largest absolute Gasteiger partial charge is 0.487 e.